The highest BCUT2D eigenvalue weighted by Gasteiger charge is 2.13. The minimum Gasteiger partial charge on any atom is -0.310 e. The Morgan fingerprint density at radius 1 is 0.619 bits per heavy atom. The van der Waals surface area contributed by atoms with E-state index in [-0.39, 0.29) is 0 Å². The molecule has 0 aliphatic rings. The lowest BCUT2D eigenvalue weighted by Crippen LogP contribution is -2.11. The van der Waals surface area contributed by atoms with Crippen molar-refractivity contribution >= 4 is 17.1 Å². The SMILES string of the molecule is Cc1ccc(C)c(N(c2ccccc2)c2ccccc2)c1. The van der Waals surface area contributed by atoms with E-state index in [1.165, 1.54) is 28.2 Å². The zero-order chi connectivity index (χ0) is 14.7. The maximum atomic E-state index is 2.31. The lowest BCUT2D eigenvalue weighted by molar-refractivity contribution is 1.24. The van der Waals surface area contributed by atoms with Crippen LogP contribution in [0.2, 0.25) is 0 Å². The summed E-state index contributed by atoms with van der Waals surface area (Å²) in [5.41, 5.74) is 6.13. The minimum absolute atomic E-state index is 1.18. The largest absolute Gasteiger partial charge is 0.310 e. The van der Waals surface area contributed by atoms with Gasteiger partial charge >= 0.3 is 0 Å². The third kappa shape index (κ3) is 2.82. The molecule has 1 nitrogen and oxygen atoms in total. The number of hydrogen-bond acceptors (Lipinski definition) is 1. The molecule has 0 saturated heterocycles. The molecule has 0 N–H and O–H groups in total. The standard InChI is InChI=1S/C20H19N/c1-16-13-14-17(2)20(15-16)21(18-9-5-3-6-10-18)19-11-7-4-8-12-19/h3-15H,1-2H3. The van der Waals surface area contributed by atoms with Crippen LogP contribution in [0.15, 0.2) is 78.9 Å². The van der Waals surface area contributed by atoms with Gasteiger partial charge in [0.15, 0.2) is 0 Å². The molecule has 0 aliphatic carbocycles. The summed E-state index contributed by atoms with van der Waals surface area (Å²) in [5, 5.41) is 0. The van der Waals surface area contributed by atoms with Crippen molar-refractivity contribution < 1.29 is 0 Å². The highest BCUT2D eigenvalue weighted by atomic mass is 15.1. The van der Waals surface area contributed by atoms with E-state index in [0.29, 0.717) is 0 Å². The molecule has 0 atom stereocenters. The second-order valence-electron chi connectivity index (χ2n) is 5.30. The van der Waals surface area contributed by atoms with Gasteiger partial charge in [-0.25, -0.2) is 0 Å². The normalized spacial score (nSPS) is 10.4. The van der Waals surface area contributed by atoms with Crippen LogP contribution in [0.5, 0.6) is 0 Å². The predicted molar refractivity (Wildman–Crippen MR) is 90.6 cm³/mol. The molecule has 21 heavy (non-hydrogen) atoms. The molecule has 0 fully saturated rings. The summed E-state index contributed by atoms with van der Waals surface area (Å²) in [4.78, 5) is 2.31. The van der Waals surface area contributed by atoms with Gasteiger partial charge in [-0.15, -0.1) is 0 Å². The molecule has 1 heteroatoms. The van der Waals surface area contributed by atoms with E-state index in [0.717, 1.165) is 0 Å². The minimum atomic E-state index is 1.18. The van der Waals surface area contributed by atoms with Crippen LogP contribution in [0.25, 0.3) is 0 Å². The zero-order valence-corrected chi connectivity index (χ0v) is 12.5. The molecule has 0 spiro atoms. The van der Waals surface area contributed by atoms with E-state index >= 15 is 0 Å². The molecule has 0 bridgehead atoms. The van der Waals surface area contributed by atoms with Gasteiger partial charge in [0.2, 0.25) is 0 Å². The van der Waals surface area contributed by atoms with Crippen molar-refractivity contribution in [2.75, 3.05) is 4.90 Å². The van der Waals surface area contributed by atoms with Crippen LogP contribution in [-0.2, 0) is 0 Å². The second kappa shape index (κ2) is 5.84. The number of para-hydroxylation sites is 2. The van der Waals surface area contributed by atoms with Gasteiger partial charge in [0.05, 0.1) is 0 Å². The Labute approximate surface area is 126 Å². The summed E-state index contributed by atoms with van der Waals surface area (Å²) in [5.74, 6) is 0. The van der Waals surface area contributed by atoms with Gasteiger partial charge in [-0.1, -0.05) is 48.5 Å². The molecule has 3 rings (SSSR count). The van der Waals surface area contributed by atoms with Gasteiger partial charge in [-0.2, -0.15) is 0 Å². The molecule has 0 aromatic heterocycles. The topological polar surface area (TPSA) is 3.24 Å². The highest BCUT2D eigenvalue weighted by Crippen LogP contribution is 2.36. The fourth-order valence-electron chi connectivity index (χ4n) is 2.54. The number of anilines is 3. The molecular weight excluding hydrogens is 254 g/mol. The van der Waals surface area contributed by atoms with Crippen LogP contribution in [0, 0.1) is 13.8 Å². The van der Waals surface area contributed by atoms with Crippen LogP contribution in [-0.4, -0.2) is 0 Å². The number of hydrogen-bond donors (Lipinski definition) is 0. The Morgan fingerprint density at radius 3 is 1.67 bits per heavy atom. The number of nitrogens with zero attached hydrogens (tertiary/aromatic N) is 1. The number of benzene rings is 3. The van der Waals surface area contributed by atoms with E-state index < -0.39 is 0 Å². The van der Waals surface area contributed by atoms with Crippen molar-refractivity contribution in [3.05, 3.63) is 90.0 Å². The average molecular weight is 273 g/mol. The first-order chi connectivity index (χ1) is 10.3. The lowest BCUT2D eigenvalue weighted by atomic mass is 10.1. The highest BCUT2D eigenvalue weighted by molar-refractivity contribution is 5.78. The Morgan fingerprint density at radius 2 is 1.14 bits per heavy atom. The van der Waals surface area contributed by atoms with Gasteiger partial charge in [-0.05, 0) is 55.3 Å². The van der Waals surface area contributed by atoms with E-state index in [1.807, 2.05) is 0 Å². The summed E-state index contributed by atoms with van der Waals surface area (Å²) >= 11 is 0. The fourth-order valence-corrected chi connectivity index (χ4v) is 2.54. The molecule has 0 saturated carbocycles. The third-order valence-electron chi connectivity index (χ3n) is 3.63. The molecule has 0 aliphatic heterocycles. The Bertz CT molecular complexity index is 678. The molecule has 0 radical (unpaired) electrons. The number of rotatable bonds is 3. The first kappa shape index (κ1) is 13.4. The molecule has 0 amide bonds. The summed E-state index contributed by atoms with van der Waals surface area (Å²) in [6.07, 6.45) is 0. The van der Waals surface area contributed by atoms with Gasteiger partial charge in [0, 0.05) is 17.1 Å². The lowest BCUT2D eigenvalue weighted by Gasteiger charge is -2.27. The summed E-state index contributed by atoms with van der Waals surface area (Å²) < 4.78 is 0. The van der Waals surface area contributed by atoms with Crippen LogP contribution in [0.4, 0.5) is 17.1 Å². The maximum absolute atomic E-state index is 2.31. The van der Waals surface area contributed by atoms with E-state index in [4.69, 9.17) is 0 Å². The van der Waals surface area contributed by atoms with Crippen molar-refractivity contribution in [1.82, 2.24) is 0 Å². The fraction of sp³-hybridized carbons (Fsp3) is 0.100. The van der Waals surface area contributed by atoms with E-state index in [2.05, 4.69) is 97.6 Å². The van der Waals surface area contributed by atoms with Crippen molar-refractivity contribution in [2.45, 2.75) is 13.8 Å². The molecule has 104 valence electrons. The van der Waals surface area contributed by atoms with Gasteiger partial charge < -0.3 is 4.90 Å². The van der Waals surface area contributed by atoms with Crippen LogP contribution in [0.1, 0.15) is 11.1 Å². The summed E-state index contributed by atoms with van der Waals surface area (Å²) in [6.45, 7) is 4.30. The predicted octanol–water partition coefficient (Wildman–Crippen LogP) is 5.77. The first-order valence-corrected chi connectivity index (χ1v) is 7.23. The Kier molecular flexibility index (Phi) is 3.74. The second-order valence-corrected chi connectivity index (χ2v) is 5.30. The Hall–Kier alpha value is -2.54. The van der Waals surface area contributed by atoms with Gasteiger partial charge in [-0.3, -0.25) is 0 Å². The van der Waals surface area contributed by atoms with Crippen molar-refractivity contribution in [2.24, 2.45) is 0 Å². The maximum Gasteiger partial charge on any atom is 0.0493 e. The van der Waals surface area contributed by atoms with E-state index in [1.54, 1.807) is 0 Å². The van der Waals surface area contributed by atoms with E-state index in [9.17, 15) is 0 Å². The smallest absolute Gasteiger partial charge is 0.0493 e. The van der Waals surface area contributed by atoms with Crippen LogP contribution in [0.3, 0.4) is 0 Å². The summed E-state index contributed by atoms with van der Waals surface area (Å²) in [6, 6.07) is 27.6. The Balaban J connectivity index is 2.20. The first-order valence-electron chi connectivity index (χ1n) is 7.23. The summed E-state index contributed by atoms with van der Waals surface area (Å²) in [7, 11) is 0. The van der Waals surface area contributed by atoms with Crippen molar-refractivity contribution in [1.29, 1.82) is 0 Å². The van der Waals surface area contributed by atoms with Crippen LogP contribution >= 0.6 is 0 Å². The average Bonchev–Trinajstić information content (AvgIpc) is 2.53. The van der Waals surface area contributed by atoms with Gasteiger partial charge in [0.25, 0.3) is 0 Å². The molecule has 3 aromatic carbocycles. The number of aryl methyl sites for hydroxylation is 2. The molecule has 0 unspecified atom stereocenters. The molecule has 3 aromatic rings. The third-order valence-corrected chi connectivity index (χ3v) is 3.63. The van der Waals surface area contributed by atoms with Gasteiger partial charge in [0.1, 0.15) is 0 Å². The van der Waals surface area contributed by atoms with Crippen LogP contribution < -0.4 is 4.90 Å². The molecular formula is C20H19N. The molecule has 0 heterocycles. The zero-order valence-electron chi connectivity index (χ0n) is 12.5. The monoisotopic (exact) mass is 273 g/mol. The van der Waals surface area contributed by atoms with Crippen molar-refractivity contribution in [3.8, 4) is 0 Å². The van der Waals surface area contributed by atoms with Crippen molar-refractivity contribution in [3.63, 3.8) is 0 Å². The quantitative estimate of drug-likeness (QED) is 0.585.